The first-order valence-corrected chi connectivity index (χ1v) is 10.8. The van der Waals surface area contributed by atoms with Crippen molar-refractivity contribution < 1.29 is 22.7 Å². The van der Waals surface area contributed by atoms with Gasteiger partial charge in [0, 0.05) is 11.8 Å². The summed E-state index contributed by atoms with van der Waals surface area (Å²) < 4.78 is 36.7. The number of rotatable bonds is 9. The van der Waals surface area contributed by atoms with Gasteiger partial charge in [-0.05, 0) is 49.7 Å². The Hall–Kier alpha value is -2.74. The summed E-state index contributed by atoms with van der Waals surface area (Å²) in [6, 6.07) is 12.6. The Morgan fingerprint density at radius 3 is 2.32 bits per heavy atom. The van der Waals surface area contributed by atoms with Gasteiger partial charge in [0.1, 0.15) is 17.5 Å². The number of carbonyl (C=O) groups is 1. The average Bonchev–Trinajstić information content (AvgIpc) is 2.66. The number of hydrogen-bond acceptors (Lipinski definition) is 5. The number of hydrogen-bond donors (Lipinski definition) is 1. The highest BCUT2D eigenvalue weighted by molar-refractivity contribution is 7.92. The van der Waals surface area contributed by atoms with E-state index in [0.29, 0.717) is 35.9 Å². The molecule has 0 aliphatic rings. The minimum atomic E-state index is -3.71. The van der Waals surface area contributed by atoms with Crippen molar-refractivity contribution >= 4 is 27.3 Å². The van der Waals surface area contributed by atoms with Crippen LogP contribution in [-0.2, 0) is 14.8 Å². The molecule has 0 bridgehead atoms. The van der Waals surface area contributed by atoms with Crippen LogP contribution in [0.25, 0.3) is 0 Å². The van der Waals surface area contributed by atoms with Gasteiger partial charge in [-0.1, -0.05) is 13.0 Å². The molecule has 2 aromatic carbocycles. The summed E-state index contributed by atoms with van der Waals surface area (Å²) in [5.41, 5.74) is 0.932. The zero-order valence-electron chi connectivity index (χ0n) is 16.5. The van der Waals surface area contributed by atoms with Gasteiger partial charge in [-0.3, -0.25) is 9.10 Å². The van der Waals surface area contributed by atoms with E-state index in [0.717, 1.165) is 10.6 Å². The molecule has 2 aromatic rings. The Morgan fingerprint density at radius 2 is 1.79 bits per heavy atom. The highest BCUT2D eigenvalue weighted by Gasteiger charge is 2.31. The Morgan fingerprint density at radius 1 is 1.11 bits per heavy atom. The Kier molecular flexibility index (Phi) is 7.28. The molecule has 0 saturated carbocycles. The largest absolute Gasteiger partial charge is 0.497 e. The van der Waals surface area contributed by atoms with Crippen molar-refractivity contribution in [2.24, 2.45) is 0 Å². The van der Waals surface area contributed by atoms with Gasteiger partial charge in [0.25, 0.3) is 0 Å². The van der Waals surface area contributed by atoms with E-state index in [-0.39, 0.29) is 0 Å². The van der Waals surface area contributed by atoms with E-state index >= 15 is 0 Å². The molecule has 1 unspecified atom stereocenters. The second-order valence-corrected chi connectivity index (χ2v) is 7.99. The molecule has 8 heteroatoms. The van der Waals surface area contributed by atoms with Gasteiger partial charge in [0.05, 0.1) is 25.7 Å². The molecule has 0 spiro atoms. The van der Waals surface area contributed by atoms with Gasteiger partial charge in [0.15, 0.2) is 0 Å². The van der Waals surface area contributed by atoms with Gasteiger partial charge >= 0.3 is 0 Å². The molecular weight excluding hydrogens is 380 g/mol. The number of ether oxygens (including phenoxy) is 2. The van der Waals surface area contributed by atoms with E-state index in [9.17, 15) is 13.2 Å². The maximum Gasteiger partial charge on any atom is 0.248 e. The summed E-state index contributed by atoms with van der Waals surface area (Å²) in [6.07, 6.45) is 1.38. The van der Waals surface area contributed by atoms with Crippen LogP contribution < -0.4 is 19.1 Å². The van der Waals surface area contributed by atoms with Gasteiger partial charge in [-0.15, -0.1) is 0 Å². The Labute approximate surface area is 166 Å². The number of amides is 1. The van der Waals surface area contributed by atoms with E-state index in [4.69, 9.17) is 9.47 Å². The van der Waals surface area contributed by atoms with Crippen LogP contribution >= 0.6 is 0 Å². The average molecular weight is 407 g/mol. The van der Waals surface area contributed by atoms with Crippen LogP contribution in [0, 0.1) is 0 Å². The molecule has 0 aliphatic carbocycles. The van der Waals surface area contributed by atoms with Gasteiger partial charge in [-0.25, -0.2) is 8.42 Å². The summed E-state index contributed by atoms with van der Waals surface area (Å²) in [5.74, 6) is 0.787. The summed E-state index contributed by atoms with van der Waals surface area (Å²) in [4.78, 5) is 12.9. The van der Waals surface area contributed by atoms with Crippen molar-refractivity contribution in [1.29, 1.82) is 0 Å². The van der Waals surface area contributed by atoms with E-state index < -0.39 is 22.0 Å². The lowest BCUT2D eigenvalue weighted by atomic mass is 10.1. The first-order valence-electron chi connectivity index (χ1n) is 8.97. The Bertz CT molecular complexity index is 897. The van der Waals surface area contributed by atoms with Gasteiger partial charge in [-0.2, -0.15) is 0 Å². The highest BCUT2D eigenvalue weighted by atomic mass is 32.2. The minimum absolute atomic E-state index is 0.299. The number of methoxy groups -OCH3 is 1. The summed E-state index contributed by atoms with van der Waals surface area (Å²) in [5, 5.41) is 2.78. The molecule has 0 aliphatic heterocycles. The molecule has 28 heavy (non-hydrogen) atoms. The lowest BCUT2D eigenvalue weighted by Crippen LogP contribution is -2.47. The van der Waals surface area contributed by atoms with Crippen molar-refractivity contribution in [3.05, 3.63) is 48.5 Å². The monoisotopic (exact) mass is 406 g/mol. The number of nitrogens with zero attached hydrogens (tertiary/aromatic N) is 1. The van der Waals surface area contributed by atoms with Gasteiger partial charge in [0.2, 0.25) is 15.9 Å². The predicted octanol–water partition coefficient (Wildman–Crippen LogP) is 3.28. The summed E-state index contributed by atoms with van der Waals surface area (Å²) in [6.45, 7) is 4.20. The minimum Gasteiger partial charge on any atom is -0.497 e. The van der Waals surface area contributed by atoms with Gasteiger partial charge < -0.3 is 14.8 Å². The first-order chi connectivity index (χ1) is 13.3. The van der Waals surface area contributed by atoms with Crippen LogP contribution in [0.5, 0.6) is 11.5 Å². The smallest absolute Gasteiger partial charge is 0.248 e. The fourth-order valence-corrected chi connectivity index (χ4v) is 4.04. The maximum absolute atomic E-state index is 12.9. The standard InChI is InChI=1S/C20H26N2O5S/c1-5-19(20(23)21-15-10-12-17(13-11-15)27-6-2)22(28(4,24)25)16-8-7-9-18(14-16)26-3/h7-14,19H,5-6H2,1-4H3,(H,21,23). The SMILES string of the molecule is CCOc1ccc(NC(=O)C(CC)N(c2cccc(OC)c2)S(C)(=O)=O)cc1. The summed E-state index contributed by atoms with van der Waals surface area (Å²) >= 11 is 0. The maximum atomic E-state index is 12.9. The van der Waals surface area contributed by atoms with Crippen molar-refractivity contribution in [3.8, 4) is 11.5 Å². The molecule has 0 radical (unpaired) electrons. The molecule has 0 fully saturated rings. The zero-order chi connectivity index (χ0) is 20.7. The lowest BCUT2D eigenvalue weighted by molar-refractivity contribution is -0.117. The number of benzene rings is 2. The molecule has 0 saturated heterocycles. The fourth-order valence-electron chi connectivity index (χ4n) is 2.83. The highest BCUT2D eigenvalue weighted by Crippen LogP contribution is 2.27. The Balaban J connectivity index is 2.30. The summed E-state index contributed by atoms with van der Waals surface area (Å²) in [7, 11) is -2.21. The van der Waals surface area contributed by atoms with Crippen LogP contribution in [0.2, 0.25) is 0 Å². The quantitative estimate of drug-likeness (QED) is 0.691. The number of nitrogens with one attached hydrogen (secondary N) is 1. The molecule has 0 heterocycles. The van der Waals surface area contributed by atoms with E-state index in [1.165, 1.54) is 7.11 Å². The third-order valence-corrected chi connectivity index (χ3v) is 5.25. The second-order valence-electron chi connectivity index (χ2n) is 6.13. The molecule has 1 N–H and O–H groups in total. The topological polar surface area (TPSA) is 84.9 Å². The molecule has 7 nitrogen and oxygen atoms in total. The lowest BCUT2D eigenvalue weighted by Gasteiger charge is -2.30. The number of carbonyl (C=O) groups excluding carboxylic acids is 1. The molecule has 2 rings (SSSR count). The van der Waals surface area contributed by atoms with E-state index in [1.807, 2.05) is 6.92 Å². The van der Waals surface area contributed by atoms with Crippen LogP contribution in [-0.4, -0.2) is 40.3 Å². The second kappa shape index (κ2) is 9.45. The van der Waals surface area contributed by atoms with Crippen LogP contribution in [0.3, 0.4) is 0 Å². The van der Waals surface area contributed by atoms with Crippen molar-refractivity contribution in [2.45, 2.75) is 26.3 Å². The van der Waals surface area contributed by atoms with E-state index in [1.54, 1.807) is 55.5 Å². The molecule has 1 amide bonds. The molecule has 0 aromatic heterocycles. The molecule has 1 atom stereocenters. The zero-order valence-corrected chi connectivity index (χ0v) is 17.3. The number of sulfonamides is 1. The number of anilines is 2. The van der Waals surface area contributed by atoms with Crippen molar-refractivity contribution in [3.63, 3.8) is 0 Å². The van der Waals surface area contributed by atoms with Crippen LogP contribution in [0.1, 0.15) is 20.3 Å². The third-order valence-electron chi connectivity index (χ3n) is 4.07. The first kappa shape index (κ1) is 21.6. The predicted molar refractivity (Wildman–Crippen MR) is 111 cm³/mol. The fraction of sp³-hybridized carbons (Fsp3) is 0.350. The van der Waals surface area contributed by atoms with Crippen molar-refractivity contribution in [2.75, 3.05) is 29.6 Å². The van der Waals surface area contributed by atoms with Crippen molar-refractivity contribution in [1.82, 2.24) is 0 Å². The molecule has 152 valence electrons. The molecular formula is C20H26N2O5S. The van der Waals surface area contributed by atoms with Crippen LogP contribution in [0.4, 0.5) is 11.4 Å². The third kappa shape index (κ3) is 5.39. The van der Waals surface area contributed by atoms with E-state index in [2.05, 4.69) is 5.32 Å². The normalized spacial score (nSPS) is 12.1. The van der Waals surface area contributed by atoms with Crippen LogP contribution in [0.15, 0.2) is 48.5 Å².